The maximum atomic E-state index is 13.5. The van der Waals surface area contributed by atoms with E-state index in [4.69, 9.17) is 16.7 Å². The molecule has 0 aliphatic heterocycles. The molecule has 2 aromatic rings. The third-order valence-electron chi connectivity index (χ3n) is 2.36. The van der Waals surface area contributed by atoms with Crippen molar-refractivity contribution in [1.29, 1.82) is 0 Å². The van der Waals surface area contributed by atoms with Gasteiger partial charge in [0.15, 0.2) is 0 Å². The smallest absolute Gasteiger partial charge is 0.338 e. The molecular formula is C12H8ClF2NO2S. The zero-order chi connectivity index (χ0) is 14.0. The molecule has 0 spiro atoms. The van der Waals surface area contributed by atoms with E-state index in [-0.39, 0.29) is 12.2 Å². The summed E-state index contributed by atoms with van der Waals surface area (Å²) in [5.74, 6) is -3.39. The van der Waals surface area contributed by atoms with Crippen LogP contribution in [0.1, 0.15) is 15.2 Å². The lowest BCUT2D eigenvalue weighted by atomic mass is 10.2. The van der Waals surface area contributed by atoms with E-state index in [1.54, 1.807) is 11.4 Å². The van der Waals surface area contributed by atoms with E-state index in [9.17, 15) is 13.6 Å². The van der Waals surface area contributed by atoms with Crippen LogP contribution in [0.5, 0.6) is 0 Å². The van der Waals surface area contributed by atoms with Crippen LogP contribution in [0.15, 0.2) is 23.6 Å². The molecule has 1 aromatic heterocycles. The number of hydrogen-bond donors (Lipinski definition) is 2. The van der Waals surface area contributed by atoms with Gasteiger partial charge in [0.2, 0.25) is 0 Å². The third kappa shape index (κ3) is 3.21. The summed E-state index contributed by atoms with van der Waals surface area (Å²) in [4.78, 5) is 11.6. The first kappa shape index (κ1) is 13.8. The van der Waals surface area contributed by atoms with Crippen LogP contribution in [0.2, 0.25) is 5.02 Å². The van der Waals surface area contributed by atoms with Crippen molar-refractivity contribution in [2.75, 3.05) is 5.32 Å². The summed E-state index contributed by atoms with van der Waals surface area (Å²) in [6.45, 7) is 0.277. The first-order valence-electron chi connectivity index (χ1n) is 5.16. The highest BCUT2D eigenvalue weighted by atomic mass is 35.5. The number of carbonyl (C=O) groups is 1. The highest BCUT2D eigenvalue weighted by Gasteiger charge is 2.15. The molecule has 2 N–H and O–H groups in total. The zero-order valence-corrected chi connectivity index (χ0v) is 11.0. The number of halogens is 3. The molecule has 0 amide bonds. The van der Waals surface area contributed by atoms with Crippen LogP contribution >= 0.6 is 22.9 Å². The van der Waals surface area contributed by atoms with Gasteiger partial charge in [-0.1, -0.05) is 11.6 Å². The maximum Gasteiger partial charge on any atom is 0.338 e. The second kappa shape index (κ2) is 5.54. The molecule has 0 saturated heterocycles. The summed E-state index contributed by atoms with van der Waals surface area (Å²) in [5.41, 5.74) is -0.642. The second-order valence-electron chi connectivity index (χ2n) is 3.70. The predicted molar refractivity (Wildman–Crippen MR) is 70.0 cm³/mol. The minimum atomic E-state index is -1.44. The van der Waals surface area contributed by atoms with Crippen LogP contribution in [0.4, 0.5) is 14.5 Å². The van der Waals surface area contributed by atoms with Gasteiger partial charge in [-0.15, -0.1) is 11.3 Å². The second-order valence-corrected chi connectivity index (χ2v) is 5.13. The Bertz CT molecular complexity index is 630. The van der Waals surface area contributed by atoms with Gasteiger partial charge in [0.1, 0.15) is 11.6 Å². The Hall–Kier alpha value is -1.66. The van der Waals surface area contributed by atoms with E-state index >= 15 is 0 Å². The van der Waals surface area contributed by atoms with Gasteiger partial charge in [0, 0.05) is 22.9 Å². The van der Waals surface area contributed by atoms with Crippen molar-refractivity contribution >= 4 is 34.6 Å². The van der Waals surface area contributed by atoms with Crippen molar-refractivity contribution in [2.45, 2.75) is 6.54 Å². The molecule has 2 rings (SSSR count). The average molecular weight is 304 g/mol. The molecule has 0 fully saturated rings. The van der Waals surface area contributed by atoms with Crippen molar-refractivity contribution < 1.29 is 18.7 Å². The number of nitrogens with one attached hydrogen (secondary N) is 1. The Kier molecular flexibility index (Phi) is 4.01. The summed E-state index contributed by atoms with van der Waals surface area (Å²) in [6, 6.07) is 3.19. The van der Waals surface area contributed by atoms with Gasteiger partial charge in [-0.3, -0.25) is 0 Å². The lowest BCUT2D eigenvalue weighted by Gasteiger charge is -2.08. The fraction of sp³-hybridized carbons (Fsp3) is 0.0833. The highest BCUT2D eigenvalue weighted by Crippen LogP contribution is 2.23. The molecule has 0 aliphatic rings. The van der Waals surface area contributed by atoms with Crippen LogP contribution in [-0.2, 0) is 6.54 Å². The van der Waals surface area contributed by atoms with E-state index in [0.29, 0.717) is 11.1 Å². The molecule has 0 saturated carbocycles. The first-order chi connectivity index (χ1) is 8.97. The molecule has 0 bridgehead atoms. The number of thiophene rings is 1. The van der Waals surface area contributed by atoms with Crippen LogP contribution in [0, 0.1) is 11.6 Å². The summed E-state index contributed by atoms with van der Waals surface area (Å²) >= 11 is 7.12. The SMILES string of the molecule is O=C(O)c1cc(NCc2cc(Cl)cs2)c(F)cc1F. The fourth-order valence-corrected chi connectivity index (χ4v) is 2.49. The van der Waals surface area contributed by atoms with Crippen molar-refractivity contribution in [3.8, 4) is 0 Å². The largest absolute Gasteiger partial charge is 0.478 e. The van der Waals surface area contributed by atoms with Gasteiger partial charge < -0.3 is 10.4 Å². The minimum absolute atomic E-state index is 0.0664. The van der Waals surface area contributed by atoms with Gasteiger partial charge in [-0.25, -0.2) is 13.6 Å². The molecule has 7 heteroatoms. The lowest BCUT2D eigenvalue weighted by molar-refractivity contribution is 0.0692. The van der Waals surface area contributed by atoms with Crippen molar-refractivity contribution in [2.24, 2.45) is 0 Å². The normalized spacial score (nSPS) is 10.5. The molecule has 0 radical (unpaired) electrons. The summed E-state index contributed by atoms with van der Waals surface area (Å²) in [7, 11) is 0. The molecule has 100 valence electrons. The minimum Gasteiger partial charge on any atom is -0.478 e. The standard InChI is InChI=1S/C12H8ClF2NO2S/c13-6-1-7(19-5-6)4-16-11-2-8(12(17)18)9(14)3-10(11)15/h1-3,5,16H,4H2,(H,17,18). The quantitative estimate of drug-likeness (QED) is 0.898. The third-order valence-corrected chi connectivity index (χ3v) is 3.65. The van der Waals surface area contributed by atoms with Crippen LogP contribution in [0.25, 0.3) is 0 Å². The van der Waals surface area contributed by atoms with Crippen molar-refractivity contribution in [3.63, 3.8) is 0 Å². The number of hydrogen-bond acceptors (Lipinski definition) is 3. The van der Waals surface area contributed by atoms with E-state index < -0.39 is 23.2 Å². The number of carboxylic acid groups (broad SMARTS) is 1. The number of rotatable bonds is 4. The molecule has 1 aromatic carbocycles. The van der Waals surface area contributed by atoms with Crippen LogP contribution in [-0.4, -0.2) is 11.1 Å². The highest BCUT2D eigenvalue weighted by molar-refractivity contribution is 7.10. The van der Waals surface area contributed by atoms with Crippen LogP contribution < -0.4 is 5.32 Å². The molecule has 0 atom stereocenters. The monoisotopic (exact) mass is 303 g/mol. The Morgan fingerprint density at radius 2 is 2.05 bits per heavy atom. The molecule has 3 nitrogen and oxygen atoms in total. The Labute approximate surface area is 116 Å². The Morgan fingerprint density at radius 3 is 2.63 bits per heavy atom. The summed E-state index contributed by atoms with van der Waals surface area (Å²) in [6.07, 6.45) is 0. The van der Waals surface area contributed by atoms with Gasteiger partial charge in [-0.05, 0) is 12.1 Å². The van der Waals surface area contributed by atoms with E-state index in [1.165, 1.54) is 11.3 Å². The summed E-state index contributed by atoms with van der Waals surface area (Å²) < 4.78 is 26.7. The summed E-state index contributed by atoms with van der Waals surface area (Å²) in [5, 5.41) is 13.8. The Balaban J connectivity index is 2.20. The molecule has 19 heavy (non-hydrogen) atoms. The zero-order valence-electron chi connectivity index (χ0n) is 9.41. The lowest BCUT2D eigenvalue weighted by Crippen LogP contribution is -2.06. The fourth-order valence-electron chi connectivity index (χ4n) is 1.48. The van der Waals surface area contributed by atoms with Gasteiger partial charge in [-0.2, -0.15) is 0 Å². The molecule has 0 unspecified atom stereocenters. The van der Waals surface area contributed by atoms with Crippen molar-refractivity contribution in [3.05, 3.63) is 50.7 Å². The number of carboxylic acids is 1. The Morgan fingerprint density at radius 1 is 1.32 bits per heavy atom. The van der Waals surface area contributed by atoms with Gasteiger partial charge in [0.05, 0.1) is 16.3 Å². The van der Waals surface area contributed by atoms with Gasteiger partial charge >= 0.3 is 5.97 Å². The van der Waals surface area contributed by atoms with E-state index in [2.05, 4.69) is 5.32 Å². The van der Waals surface area contributed by atoms with Gasteiger partial charge in [0.25, 0.3) is 0 Å². The maximum absolute atomic E-state index is 13.5. The topological polar surface area (TPSA) is 49.3 Å². The van der Waals surface area contributed by atoms with Crippen molar-refractivity contribution in [1.82, 2.24) is 0 Å². The van der Waals surface area contributed by atoms with E-state index in [0.717, 1.165) is 10.9 Å². The number of anilines is 1. The molecule has 0 aliphatic carbocycles. The average Bonchev–Trinajstić information content (AvgIpc) is 2.73. The predicted octanol–water partition coefficient (Wildman–Crippen LogP) is 3.99. The molecular weight excluding hydrogens is 296 g/mol. The number of benzene rings is 1. The first-order valence-corrected chi connectivity index (χ1v) is 6.42. The van der Waals surface area contributed by atoms with Crippen LogP contribution in [0.3, 0.4) is 0 Å². The molecule has 1 heterocycles. The number of aromatic carboxylic acids is 1. The van der Waals surface area contributed by atoms with E-state index in [1.807, 2.05) is 0 Å².